The third-order valence-electron chi connectivity index (χ3n) is 10.3. The Hall–Kier alpha value is 0.130. The molecule has 2 aliphatic heterocycles. The molecule has 0 aromatic heterocycles. The number of allylic oxidation sites excluding steroid dienone is 1. The van der Waals surface area contributed by atoms with Crippen molar-refractivity contribution >= 4 is 7.92 Å². The van der Waals surface area contributed by atoms with Gasteiger partial charge in [-0.15, -0.1) is 0 Å². The number of aliphatic hydroxyl groups is 1. The van der Waals surface area contributed by atoms with Gasteiger partial charge in [0.15, 0.2) is 0 Å². The van der Waals surface area contributed by atoms with Crippen molar-refractivity contribution < 1.29 is 5.11 Å². The molecule has 9 atom stereocenters. The Labute approximate surface area is 175 Å². The van der Waals surface area contributed by atoms with Crippen LogP contribution < -0.4 is 0 Å². The molecular formula is C26H45OP. The van der Waals surface area contributed by atoms with E-state index in [1.807, 2.05) is 0 Å². The molecule has 2 heterocycles. The first-order valence-electron chi connectivity index (χ1n) is 12.4. The highest BCUT2D eigenvalue weighted by Crippen LogP contribution is 2.73. The Morgan fingerprint density at radius 1 is 1.14 bits per heavy atom. The first-order chi connectivity index (χ1) is 13.3. The molecule has 2 heteroatoms. The zero-order valence-corrected chi connectivity index (χ0v) is 19.9. The summed E-state index contributed by atoms with van der Waals surface area (Å²) in [7, 11) is -0.160. The predicted molar refractivity (Wildman–Crippen MR) is 123 cm³/mol. The van der Waals surface area contributed by atoms with Gasteiger partial charge in [-0.1, -0.05) is 54.2 Å². The van der Waals surface area contributed by atoms with E-state index in [9.17, 15) is 5.11 Å². The molecule has 4 rings (SSSR count). The monoisotopic (exact) mass is 404 g/mol. The Bertz CT molecular complexity index is 587. The molecule has 1 nitrogen and oxygen atoms in total. The fourth-order valence-corrected chi connectivity index (χ4v) is 12.3. The van der Waals surface area contributed by atoms with E-state index < -0.39 is 0 Å². The molecule has 160 valence electrons. The van der Waals surface area contributed by atoms with Crippen LogP contribution in [0.2, 0.25) is 0 Å². The molecule has 4 fully saturated rings. The molecule has 0 bridgehead atoms. The van der Waals surface area contributed by atoms with Gasteiger partial charge in [0.2, 0.25) is 0 Å². The summed E-state index contributed by atoms with van der Waals surface area (Å²) in [6.07, 6.45) is 16.1. The highest BCUT2D eigenvalue weighted by molar-refractivity contribution is 7.60. The third kappa shape index (κ3) is 3.36. The second-order valence-electron chi connectivity index (χ2n) is 11.4. The normalized spacial score (nSPS) is 49.0. The van der Waals surface area contributed by atoms with Gasteiger partial charge in [0.25, 0.3) is 0 Å². The van der Waals surface area contributed by atoms with Gasteiger partial charge in [-0.25, -0.2) is 0 Å². The lowest BCUT2D eigenvalue weighted by molar-refractivity contribution is -0.0372. The summed E-state index contributed by atoms with van der Waals surface area (Å²) < 4.78 is 0. The van der Waals surface area contributed by atoms with Gasteiger partial charge in [-0.05, 0) is 111 Å². The topological polar surface area (TPSA) is 20.2 Å². The average molecular weight is 405 g/mol. The molecule has 2 aliphatic carbocycles. The zero-order chi connectivity index (χ0) is 20.1. The van der Waals surface area contributed by atoms with Gasteiger partial charge in [-0.3, -0.25) is 0 Å². The molecule has 0 radical (unpaired) electrons. The fraction of sp³-hybridized carbons (Fsp3) is 0.923. The van der Waals surface area contributed by atoms with Crippen molar-refractivity contribution in [3.8, 4) is 0 Å². The summed E-state index contributed by atoms with van der Waals surface area (Å²) in [6.45, 7) is 14.3. The van der Waals surface area contributed by atoms with E-state index in [0.717, 1.165) is 42.4 Å². The summed E-state index contributed by atoms with van der Waals surface area (Å²) in [5.41, 5.74) is 1.96. The molecule has 4 aliphatic rings. The summed E-state index contributed by atoms with van der Waals surface area (Å²) in [5.74, 6) is 4.34. The largest absolute Gasteiger partial charge is 0.389 e. The third-order valence-corrected chi connectivity index (χ3v) is 13.9. The van der Waals surface area contributed by atoms with Crippen molar-refractivity contribution in [1.82, 2.24) is 0 Å². The lowest BCUT2D eigenvalue weighted by atomic mass is 9.53. The van der Waals surface area contributed by atoms with Gasteiger partial charge in [0.05, 0.1) is 5.85 Å². The molecule has 0 spiro atoms. The van der Waals surface area contributed by atoms with Gasteiger partial charge in [0.1, 0.15) is 0 Å². The van der Waals surface area contributed by atoms with Crippen LogP contribution in [0.15, 0.2) is 12.2 Å². The molecule has 2 saturated carbocycles. The van der Waals surface area contributed by atoms with E-state index in [-0.39, 0.29) is 13.8 Å². The summed E-state index contributed by atoms with van der Waals surface area (Å²) in [5, 5.41) is 11.7. The van der Waals surface area contributed by atoms with Crippen LogP contribution in [0.1, 0.15) is 98.3 Å². The van der Waals surface area contributed by atoms with E-state index in [0.29, 0.717) is 10.6 Å². The van der Waals surface area contributed by atoms with Crippen molar-refractivity contribution in [3.05, 3.63) is 12.2 Å². The number of fused-ring (bicyclic) bond motifs is 5. The fourth-order valence-electron chi connectivity index (χ4n) is 8.60. The molecule has 1 N–H and O–H groups in total. The van der Waals surface area contributed by atoms with Crippen molar-refractivity contribution in [2.45, 2.75) is 109 Å². The maximum atomic E-state index is 11.2. The van der Waals surface area contributed by atoms with E-state index in [2.05, 4.69) is 34.3 Å². The zero-order valence-electron chi connectivity index (χ0n) is 19.1. The second-order valence-corrected chi connectivity index (χ2v) is 14.5. The van der Waals surface area contributed by atoms with Crippen molar-refractivity contribution in [2.75, 3.05) is 6.16 Å². The van der Waals surface area contributed by atoms with E-state index >= 15 is 0 Å². The van der Waals surface area contributed by atoms with Crippen molar-refractivity contribution in [3.63, 3.8) is 0 Å². The number of hydrogen-bond donors (Lipinski definition) is 1. The number of rotatable bonds is 5. The van der Waals surface area contributed by atoms with Crippen LogP contribution in [0, 0.1) is 35.0 Å². The number of hydrogen-bond acceptors (Lipinski definition) is 1. The minimum Gasteiger partial charge on any atom is -0.389 e. The van der Waals surface area contributed by atoms with Crippen LogP contribution in [0.3, 0.4) is 0 Å². The molecule has 28 heavy (non-hydrogen) atoms. The first kappa shape index (κ1) is 21.4. The summed E-state index contributed by atoms with van der Waals surface area (Å²) in [4.78, 5) is 0. The lowest BCUT2D eigenvalue weighted by Gasteiger charge is -2.62. The quantitative estimate of drug-likeness (QED) is 0.370. The Kier molecular flexibility index (Phi) is 6.10. The van der Waals surface area contributed by atoms with Gasteiger partial charge in [-0.2, -0.15) is 0 Å². The Morgan fingerprint density at radius 3 is 2.68 bits per heavy atom. The maximum absolute atomic E-state index is 11.2. The molecule has 2 saturated heterocycles. The minimum absolute atomic E-state index is 0.0354. The van der Waals surface area contributed by atoms with E-state index in [4.69, 9.17) is 0 Å². The van der Waals surface area contributed by atoms with E-state index in [1.165, 1.54) is 69.5 Å². The molecule has 0 aromatic rings. The van der Waals surface area contributed by atoms with Crippen LogP contribution in [0.5, 0.6) is 0 Å². The highest BCUT2D eigenvalue weighted by atomic mass is 31.1. The van der Waals surface area contributed by atoms with Crippen LogP contribution in [-0.2, 0) is 0 Å². The Balaban J connectivity index is 1.52. The molecular weight excluding hydrogens is 359 g/mol. The molecule has 9 unspecified atom stereocenters. The smallest absolute Gasteiger partial charge is 0.0738 e. The van der Waals surface area contributed by atoms with Crippen LogP contribution >= 0.6 is 7.92 Å². The standard InChI is InChI=1S/C26H45OP/c1-6-18(2)9-10-19(3)21-11-12-22-20-17-24(27)28-16-8-7-14-26(28,5)23(20)13-15-25(21,22)4/h19-24,27H,2,6-17H2,1,3-5H3. The second kappa shape index (κ2) is 8.00. The van der Waals surface area contributed by atoms with Crippen molar-refractivity contribution in [1.29, 1.82) is 0 Å². The van der Waals surface area contributed by atoms with E-state index in [1.54, 1.807) is 0 Å². The summed E-state index contributed by atoms with van der Waals surface area (Å²) >= 11 is 0. The molecule has 0 aromatic carbocycles. The van der Waals surface area contributed by atoms with Crippen LogP contribution in [0.4, 0.5) is 0 Å². The van der Waals surface area contributed by atoms with Crippen LogP contribution in [-0.4, -0.2) is 22.3 Å². The number of aliphatic hydroxyl groups excluding tert-OH is 1. The van der Waals surface area contributed by atoms with Crippen LogP contribution in [0.25, 0.3) is 0 Å². The predicted octanol–water partition coefficient (Wildman–Crippen LogP) is 7.57. The van der Waals surface area contributed by atoms with Gasteiger partial charge in [0, 0.05) is 0 Å². The summed E-state index contributed by atoms with van der Waals surface area (Å²) in [6, 6.07) is 0. The maximum Gasteiger partial charge on any atom is 0.0738 e. The lowest BCUT2D eigenvalue weighted by Crippen LogP contribution is -2.54. The van der Waals surface area contributed by atoms with Gasteiger partial charge < -0.3 is 5.11 Å². The highest BCUT2D eigenvalue weighted by Gasteiger charge is 2.61. The first-order valence-corrected chi connectivity index (χ1v) is 14.0. The SMILES string of the molecule is C=C(CC)CCC(C)C1CCC2C3CC(O)P4CCCCC4(C)C3CCC12C. The average Bonchev–Trinajstić information content (AvgIpc) is 3.03. The Morgan fingerprint density at radius 2 is 1.93 bits per heavy atom. The minimum atomic E-state index is -0.160. The van der Waals surface area contributed by atoms with Gasteiger partial charge >= 0.3 is 0 Å². The van der Waals surface area contributed by atoms with Crippen molar-refractivity contribution in [2.24, 2.45) is 35.0 Å². The molecule has 0 amide bonds.